The summed E-state index contributed by atoms with van der Waals surface area (Å²) >= 11 is 0. The maximum absolute atomic E-state index is 11.6. The Kier molecular flexibility index (Phi) is 2.81. The molecule has 0 aromatic rings. The average Bonchev–Trinajstić information content (AvgIpc) is 2.68. The van der Waals surface area contributed by atoms with Gasteiger partial charge in [0, 0.05) is 0 Å². The summed E-state index contributed by atoms with van der Waals surface area (Å²) < 4.78 is 52.9. The standard InChI is InChI=1S/C7H10O7S2/c8-7(5-1-3-15(9,10)13-5)6-2-4-16(11,12)14-6/h5-6H,1-4H2. The van der Waals surface area contributed by atoms with Gasteiger partial charge in [0.15, 0.2) is 5.78 Å². The first-order valence-corrected chi connectivity index (χ1v) is 7.80. The van der Waals surface area contributed by atoms with Crippen LogP contribution in [0.25, 0.3) is 0 Å². The van der Waals surface area contributed by atoms with Gasteiger partial charge in [0.25, 0.3) is 20.2 Å². The molecule has 0 N–H and O–H groups in total. The highest BCUT2D eigenvalue weighted by atomic mass is 32.2. The van der Waals surface area contributed by atoms with E-state index >= 15 is 0 Å². The van der Waals surface area contributed by atoms with Crippen molar-refractivity contribution in [3.8, 4) is 0 Å². The van der Waals surface area contributed by atoms with E-state index < -0.39 is 38.2 Å². The van der Waals surface area contributed by atoms with Crippen LogP contribution in [0.15, 0.2) is 0 Å². The van der Waals surface area contributed by atoms with Crippen molar-refractivity contribution in [2.24, 2.45) is 0 Å². The zero-order valence-electron chi connectivity index (χ0n) is 8.16. The van der Waals surface area contributed by atoms with Crippen molar-refractivity contribution in [3.05, 3.63) is 0 Å². The van der Waals surface area contributed by atoms with E-state index in [1.807, 2.05) is 0 Å². The first kappa shape index (κ1) is 12.0. The SMILES string of the molecule is O=C(C1CCS(=O)(=O)O1)C1CCS(=O)(=O)O1. The van der Waals surface area contributed by atoms with Gasteiger partial charge >= 0.3 is 0 Å². The highest BCUT2D eigenvalue weighted by molar-refractivity contribution is 7.87. The predicted molar refractivity (Wildman–Crippen MR) is 51.6 cm³/mol. The maximum Gasteiger partial charge on any atom is 0.268 e. The van der Waals surface area contributed by atoms with Gasteiger partial charge < -0.3 is 0 Å². The third-order valence-electron chi connectivity index (χ3n) is 2.42. The van der Waals surface area contributed by atoms with Crippen LogP contribution in [0.4, 0.5) is 0 Å². The van der Waals surface area contributed by atoms with Gasteiger partial charge in [-0.05, 0) is 12.8 Å². The number of ketones is 1. The molecule has 2 fully saturated rings. The van der Waals surface area contributed by atoms with E-state index in [1.54, 1.807) is 0 Å². The summed E-state index contributed by atoms with van der Waals surface area (Å²) in [6.45, 7) is 0. The van der Waals surface area contributed by atoms with Crippen LogP contribution in [-0.2, 0) is 33.4 Å². The molecule has 0 saturated carbocycles. The molecule has 0 aromatic carbocycles. The lowest BCUT2D eigenvalue weighted by Crippen LogP contribution is -2.31. The van der Waals surface area contributed by atoms with Crippen LogP contribution < -0.4 is 0 Å². The van der Waals surface area contributed by atoms with Crippen LogP contribution in [-0.4, -0.2) is 46.3 Å². The normalized spacial score (nSPS) is 36.2. The van der Waals surface area contributed by atoms with E-state index in [4.69, 9.17) is 0 Å². The summed E-state index contributed by atoms with van der Waals surface area (Å²) in [4.78, 5) is 11.6. The lowest BCUT2D eigenvalue weighted by Gasteiger charge is -2.10. The molecule has 0 radical (unpaired) electrons. The van der Waals surface area contributed by atoms with Crippen LogP contribution in [0, 0.1) is 0 Å². The molecule has 2 heterocycles. The Morgan fingerprint density at radius 2 is 1.25 bits per heavy atom. The van der Waals surface area contributed by atoms with E-state index in [-0.39, 0.29) is 24.3 Å². The number of carbonyl (C=O) groups excluding carboxylic acids is 1. The first-order chi connectivity index (χ1) is 7.29. The zero-order valence-corrected chi connectivity index (χ0v) is 9.79. The number of Topliss-reactive ketones (excluding diaryl/α,β-unsaturated/α-hetero) is 1. The van der Waals surface area contributed by atoms with E-state index in [2.05, 4.69) is 8.37 Å². The minimum Gasteiger partial charge on any atom is -0.294 e. The molecule has 2 atom stereocenters. The zero-order chi connectivity index (χ0) is 12.0. The van der Waals surface area contributed by atoms with Crippen molar-refractivity contribution >= 4 is 26.0 Å². The van der Waals surface area contributed by atoms with Crippen molar-refractivity contribution in [3.63, 3.8) is 0 Å². The van der Waals surface area contributed by atoms with Gasteiger partial charge in [-0.2, -0.15) is 16.8 Å². The van der Waals surface area contributed by atoms with Crippen molar-refractivity contribution < 1.29 is 30.0 Å². The largest absolute Gasteiger partial charge is 0.294 e. The number of rotatable bonds is 2. The molecule has 0 aliphatic carbocycles. The summed E-state index contributed by atoms with van der Waals surface area (Å²) in [5.74, 6) is -1.05. The molecule has 0 bridgehead atoms. The van der Waals surface area contributed by atoms with Crippen LogP contribution >= 0.6 is 0 Å². The fourth-order valence-electron chi connectivity index (χ4n) is 1.64. The Labute approximate surface area is 93.0 Å². The van der Waals surface area contributed by atoms with E-state index in [9.17, 15) is 21.6 Å². The minimum absolute atomic E-state index is 0.0566. The van der Waals surface area contributed by atoms with Gasteiger partial charge in [0.1, 0.15) is 12.2 Å². The second-order valence-electron chi connectivity index (χ2n) is 3.67. The van der Waals surface area contributed by atoms with Crippen LogP contribution in [0.1, 0.15) is 12.8 Å². The lowest BCUT2D eigenvalue weighted by atomic mass is 10.1. The second-order valence-corrected chi connectivity index (χ2v) is 7.11. The average molecular weight is 270 g/mol. The molecular weight excluding hydrogens is 260 g/mol. The third kappa shape index (κ3) is 2.42. The molecule has 2 saturated heterocycles. The molecule has 16 heavy (non-hydrogen) atoms. The number of hydrogen-bond acceptors (Lipinski definition) is 7. The topological polar surface area (TPSA) is 104 Å². The quantitative estimate of drug-likeness (QED) is 0.580. The number of carbonyl (C=O) groups is 1. The molecule has 0 aromatic heterocycles. The monoisotopic (exact) mass is 270 g/mol. The Balaban J connectivity index is 2.05. The van der Waals surface area contributed by atoms with Gasteiger partial charge in [-0.3, -0.25) is 13.2 Å². The Hall–Kier alpha value is -0.510. The molecule has 9 heteroatoms. The summed E-state index contributed by atoms with van der Waals surface area (Å²) in [5, 5.41) is 0. The van der Waals surface area contributed by atoms with Gasteiger partial charge in [0.2, 0.25) is 0 Å². The molecular formula is C7H10O7S2. The summed E-state index contributed by atoms with van der Waals surface area (Å²) in [6.07, 6.45) is -2.08. The molecule has 0 amide bonds. The van der Waals surface area contributed by atoms with Gasteiger partial charge in [0.05, 0.1) is 11.5 Å². The maximum atomic E-state index is 11.6. The Bertz CT molecular complexity index is 457. The van der Waals surface area contributed by atoms with Crippen molar-refractivity contribution in [1.29, 1.82) is 0 Å². The van der Waals surface area contributed by atoms with Crippen molar-refractivity contribution in [2.45, 2.75) is 25.0 Å². The lowest BCUT2D eigenvalue weighted by molar-refractivity contribution is -0.131. The van der Waals surface area contributed by atoms with E-state index in [1.165, 1.54) is 0 Å². The summed E-state index contributed by atoms with van der Waals surface area (Å²) in [5.41, 5.74) is 0. The van der Waals surface area contributed by atoms with Crippen molar-refractivity contribution in [2.75, 3.05) is 11.5 Å². The smallest absolute Gasteiger partial charge is 0.268 e. The van der Waals surface area contributed by atoms with E-state index in [0.29, 0.717) is 0 Å². The summed E-state index contributed by atoms with van der Waals surface area (Å²) in [7, 11) is -7.25. The van der Waals surface area contributed by atoms with E-state index in [0.717, 1.165) is 0 Å². The predicted octanol–water partition coefficient (Wildman–Crippen LogP) is -1.21. The Morgan fingerprint density at radius 3 is 1.50 bits per heavy atom. The third-order valence-corrected chi connectivity index (χ3v) is 4.94. The minimum atomic E-state index is -3.62. The number of hydrogen-bond donors (Lipinski definition) is 0. The molecule has 92 valence electrons. The molecule has 2 aliphatic rings. The summed E-state index contributed by atoms with van der Waals surface area (Å²) in [6, 6.07) is 0. The molecule has 2 aliphatic heterocycles. The molecule has 7 nitrogen and oxygen atoms in total. The van der Waals surface area contributed by atoms with Crippen LogP contribution in [0.2, 0.25) is 0 Å². The van der Waals surface area contributed by atoms with Crippen LogP contribution in [0.5, 0.6) is 0 Å². The fraction of sp³-hybridized carbons (Fsp3) is 0.857. The van der Waals surface area contributed by atoms with Gasteiger partial charge in [-0.15, -0.1) is 0 Å². The van der Waals surface area contributed by atoms with Gasteiger partial charge in [-0.1, -0.05) is 0 Å². The Morgan fingerprint density at radius 1 is 0.875 bits per heavy atom. The highest BCUT2D eigenvalue weighted by Gasteiger charge is 2.42. The second kappa shape index (κ2) is 3.76. The van der Waals surface area contributed by atoms with Crippen molar-refractivity contribution in [1.82, 2.24) is 0 Å². The highest BCUT2D eigenvalue weighted by Crippen LogP contribution is 2.24. The van der Waals surface area contributed by atoms with Crippen LogP contribution in [0.3, 0.4) is 0 Å². The molecule has 2 unspecified atom stereocenters. The first-order valence-electron chi connectivity index (χ1n) is 4.65. The fourth-order valence-corrected chi connectivity index (χ4v) is 3.92. The molecule has 0 spiro atoms. The molecule has 2 rings (SSSR count). The van der Waals surface area contributed by atoms with Gasteiger partial charge in [-0.25, -0.2) is 0 Å².